The quantitative estimate of drug-likeness (QED) is 0.780. The molecular weight excluding hydrogens is 302 g/mol. The van der Waals surface area contributed by atoms with Crippen LogP contribution >= 0.6 is 0 Å². The van der Waals surface area contributed by atoms with Gasteiger partial charge in [-0.2, -0.15) is 0 Å². The number of fused-ring (bicyclic) bond motifs is 1. The standard InChI is InChI=1S/C19H21N3O2/c1-12-4-6-15(7-5-12)8-9-17-21-16-10-13(2)11-20-18(16)22(17)14(3)19(23)24/h4-7,10-11,14H,8-9H2,1-3H3,(H,23,24). The molecular formula is C19H21N3O2. The van der Waals surface area contributed by atoms with Crippen LogP contribution < -0.4 is 0 Å². The number of benzene rings is 1. The molecule has 0 aliphatic carbocycles. The second-order valence-corrected chi connectivity index (χ2v) is 6.25. The molecule has 0 aliphatic heterocycles. The number of pyridine rings is 1. The zero-order chi connectivity index (χ0) is 17.3. The summed E-state index contributed by atoms with van der Waals surface area (Å²) in [6.07, 6.45) is 3.24. The van der Waals surface area contributed by atoms with Crippen molar-refractivity contribution in [1.82, 2.24) is 14.5 Å². The number of hydrogen-bond acceptors (Lipinski definition) is 3. The number of imidazole rings is 1. The first kappa shape index (κ1) is 16.2. The molecule has 124 valence electrons. The van der Waals surface area contributed by atoms with Crippen LogP contribution in [0.3, 0.4) is 0 Å². The lowest BCUT2D eigenvalue weighted by molar-refractivity contribution is -0.140. The lowest BCUT2D eigenvalue weighted by Crippen LogP contribution is -2.18. The van der Waals surface area contributed by atoms with Gasteiger partial charge in [-0.1, -0.05) is 29.8 Å². The van der Waals surface area contributed by atoms with E-state index in [2.05, 4.69) is 41.2 Å². The molecule has 0 amide bonds. The Morgan fingerprint density at radius 2 is 1.88 bits per heavy atom. The van der Waals surface area contributed by atoms with Gasteiger partial charge in [-0.25, -0.2) is 14.8 Å². The SMILES string of the molecule is Cc1ccc(CCc2nc3cc(C)cnc3n2C(C)C(=O)O)cc1. The maximum absolute atomic E-state index is 11.5. The Balaban J connectivity index is 1.97. The van der Waals surface area contributed by atoms with Crippen molar-refractivity contribution >= 4 is 17.1 Å². The van der Waals surface area contributed by atoms with E-state index in [-0.39, 0.29) is 0 Å². The molecule has 1 aromatic carbocycles. The maximum atomic E-state index is 11.5. The predicted octanol–water partition coefficient (Wildman–Crippen LogP) is 3.48. The molecule has 0 radical (unpaired) electrons. The smallest absolute Gasteiger partial charge is 0.326 e. The highest BCUT2D eigenvalue weighted by atomic mass is 16.4. The minimum absolute atomic E-state index is 0.634. The van der Waals surface area contributed by atoms with Gasteiger partial charge in [-0.05, 0) is 44.4 Å². The van der Waals surface area contributed by atoms with E-state index in [4.69, 9.17) is 0 Å². The van der Waals surface area contributed by atoms with Gasteiger partial charge in [0.2, 0.25) is 0 Å². The van der Waals surface area contributed by atoms with Crippen molar-refractivity contribution in [3.8, 4) is 0 Å². The number of aromatic nitrogens is 3. The van der Waals surface area contributed by atoms with Gasteiger partial charge in [0.05, 0.1) is 0 Å². The molecule has 3 rings (SSSR count). The summed E-state index contributed by atoms with van der Waals surface area (Å²) < 4.78 is 1.74. The van der Waals surface area contributed by atoms with Crippen LogP contribution in [0.15, 0.2) is 36.5 Å². The van der Waals surface area contributed by atoms with Crippen LogP contribution in [-0.4, -0.2) is 25.6 Å². The second kappa shape index (κ2) is 6.43. The Kier molecular flexibility index (Phi) is 4.34. The summed E-state index contributed by atoms with van der Waals surface area (Å²) in [6.45, 7) is 5.68. The maximum Gasteiger partial charge on any atom is 0.326 e. The molecule has 2 heterocycles. The molecule has 5 nitrogen and oxygen atoms in total. The number of carboxylic acids is 1. The molecule has 3 aromatic rings. The highest BCUT2D eigenvalue weighted by molar-refractivity contribution is 5.77. The Hall–Kier alpha value is -2.69. The minimum atomic E-state index is -0.881. The van der Waals surface area contributed by atoms with Gasteiger partial charge in [-0.3, -0.25) is 4.57 Å². The number of carbonyl (C=O) groups is 1. The van der Waals surface area contributed by atoms with E-state index in [0.29, 0.717) is 12.1 Å². The van der Waals surface area contributed by atoms with Gasteiger partial charge < -0.3 is 5.11 Å². The molecule has 0 spiro atoms. The van der Waals surface area contributed by atoms with E-state index in [1.54, 1.807) is 17.7 Å². The molecule has 2 aromatic heterocycles. The first-order chi connectivity index (χ1) is 11.5. The fourth-order valence-electron chi connectivity index (χ4n) is 2.83. The summed E-state index contributed by atoms with van der Waals surface area (Å²) in [4.78, 5) is 20.6. The predicted molar refractivity (Wildman–Crippen MR) is 93.2 cm³/mol. The van der Waals surface area contributed by atoms with E-state index >= 15 is 0 Å². The van der Waals surface area contributed by atoms with E-state index < -0.39 is 12.0 Å². The Bertz CT molecular complexity index is 882. The summed E-state index contributed by atoms with van der Waals surface area (Å²) >= 11 is 0. The van der Waals surface area contributed by atoms with Crippen LogP contribution in [0.5, 0.6) is 0 Å². The number of rotatable bonds is 5. The second-order valence-electron chi connectivity index (χ2n) is 6.25. The summed E-state index contributed by atoms with van der Waals surface area (Å²) in [7, 11) is 0. The number of hydrogen-bond donors (Lipinski definition) is 1. The van der Waals surface area contributed by atoms with Crippen molar-refractivity contribution in [2.24, 2.45) is 0 Å². The van der Waals surface area contributed by atoms with Crippen molar-refractivity contribution in [2.75, 3.05) is 0 Å². The zero-order valence-corrected chi connectivity index (χ0v) is 14.2. The Labute approximate surface area is 141 Å². The van der Waals surface area contributed by atoms with E-state index in [9.17, 15) is 9.90 Å². The summed E-state index contributed by atoms with van der Waals surface area (Å²) in [6, 6.07) is 9.63. The van der Waals surface area contributed by atoms with Crippen LogP contribution in [0.4, 0.5) is 0 Å². The molecule has 1 atom stereocenters. The zero-order valence-electron chi connectivity index (χ0n) is 14.2. The topological polar surface area (TPSA) is 68.0 Å². The van der Waals surface area contributed by atoms with Gasteiger partial charge >= 0.3 is 5.97 Å². The highest BCUT2D eigenvalue weighted by Gasteiger charge is 2.21. The molecule has 0 fully saturated rings. The molecule has 1 N–H and O–H groups in total. The van der Waals surface area contributed by atoms with Gasteiger partial charge in [0.25, 0.3) is 0 Å². The highest BCUT2D eigenvalue weighted by Crippen LogP contribution is 2.22. The van der Waals surface area contributed by atoms with Gasteiger partial charge in [-0.15, -0.1) is 0 Å². The van der Waals surface area contributed by atoms with Gasteiger partial charge in [0, 0.05) is 12.6 Å². The lowest BCUT2D eigenvalue weighted by atomic mass is 10.1. The van der Waals surface area contributed by atoms with Crippen LogP contribution in [0.2, 0.25) is 0 Å². The monoisotopic (exact) mass is 323 g/mol. The number of nitrogens with zero attached hydrogens (tertiary/aromatic N) is 3. The fourth-order valence-corrected chi connectivity index (χ4v) is 2.83. The third kappa shape index (κ3) is 3.15. The molecule has 0 aliphatic rings. The fraction of sp³-hybridized carbons (Fsp3) is 0.316. The van der Waals surface area contributed by atoms with E-state index in [0.717, 1.165) is 23.3 Å². The Morgan fingerprint density at radius 1 is 1.17 bits per heavy atom. The average Bonchev–Trinajstić information content (AvgIpc) is 2.90. The Morgan fingerprint density at radius 3 is 2.54 bits per heavy atom. The summed E-state index contributed by atoms with van der Waals surface area (Å²) in [5, 5.41) is 9.43. The minimum Gasteiger partial charge on any atom is -0.480 e. The van der Waals surface area contributed by atoms with Crippen LogP contribution in [0, 0.1) is 13.8 Å². The van der Waals surface area contributed by atoms with Crippen molar-refractivity contribution in [2.45, 2.75) is 39.7 Å². The van der Waals surface area contributed by atoms with E-state index in [1.165, 1.54) is 11.1 Å². The molecule has 1 unspecified atom stereocenters. The normalized spacial score (nSPS) is 12.5. The number of aliphatic carboxylic acids is 1. The molecule has 0 bridgehead atoms. The third-order valence-corrected chi connectivity index (χ3v) is 4.24. The van der Waals surface area contributed by atoms with Crippen molar-refractivity contribution < 1.29 is 9.90 Å². The van der Waals surface area contributed by atoms with Gasteiger partial charge in [0.1, 0.15) is 17.4 Å². The molecule has 5 heteroatoms. The summed E-state index contributed by atoms with van der Waals surface area (Å²) in [5.41, 5.74) is 4.84. The molecule has 0 saturated carbocycles. The van der Waals surface area contributed by atoms with E-state index in [1.807, 2.05) is 13.0 Å². The van der Waals surface area contributed by atoms with Crippen LogP contribution in [-0.2, 0) is 17.6 Å². The third-order valence-electron chi connectivity index (χ3n) is 4.24. The van der Waals surface area contributed by atoms with Crippen LogP contribution in [0.25, 0.3) is 11.2 Å². The van der Waals surface area contributed by atoms with Gasteiger partial charge in [0.15, 0.2) is 5.65 Å². The van der Waals surface area contributed by atoms with Crippen LogP contribution in [0.1, 0.15) is 35.5 Å². The number of aryl methyl sites for hydroxylation is 4. The number of carboxylic acid groups (broad SMARTS) is 1. The average molecular weight is 323 g/mol. The lowest BCUT2D eigenvalue weighted by Gasteiger charge is -2.13. The largest absolute Gasteiger partial charge is 0.480 e. The summed E-state index contributed by atoms with van der Waals surface area (Å²) in [5.74, 6) is -0.119. The first-order valence-corrected chi connectivity index (χ1v) is 8.07. The molecule has 0 saturated heterocycles. The first-order valence-electron chi connectivity index (χ1n) is 8.07. The van der Waals surface area contributed by atoms with Crippen molar-refractivity contribution in [3.63, 3.8) is 0 Å². The van der Waals surface area contributed by atoms with Crippen molar-refractivity contribution in [1.29, 1.82) is 0 Å². The molecule has 24 heavy (non-hydrogen) atoms. The van der Waals surface area contributed by atoms with Crippen molar-refractivity contribution in [3.05, 3.63) is 59.0 Å².